The van der Waals surface area contributed by atoms with Crippen molar-refractivity contribution in [1.29, 1.82) is 0 Å². The van der Waals surface area contributed by atoms with Gasteiger partial charge in [0.05, 0.1) is 7.11 Å². The summed E-state index contributed by atoms with van der Waals surface area (Å²) in [4.78, 5) is 24.0. The van der Waals surface area contributed by atoms with E-state index in [0.29, 0.717) is 23.6 Å². The Morgan fingerprint density at radius 2 is 2.00 bits per heavy atom. The molecule has 0 N–H and O–H groups in total. The van der Waals surface area contributed by atoms with E-state index in [1.165, 1.54) is 37.1 Å². The molecular weight excluding hydrogens is 328 g/mol. The van der Waals surface area contributed by atoms with Crippen LogP contribution in [0.1, 0.15) is 63.2 Å². The molecule has 1 aliphatic carbocycles. The number of ketones is 1. The molecule has 0 heterocycles. The Hall–Kier alpha value is -2.17. The Kier molecular flexibility index (Phi) is 6.95. The van der Waals surface area contributed by atoms with Gasteiger partial charge in [-0.2, -0.15) is 5.10 Å². The van der Waals surface area contributed by atoms with Gasteiger partial charge in [0.1, 0.15) is 12.3 Å². The van der Waals surface area contributed by atoms with E-state index in [4.69, 9.17) is 4.74 Å². The van der Waals surface area contributed by atoms with Crippen molar-refractivity contribution < 1.29 is 14.3 Å². The molecule has 0 spiro atoms. The lowest BCUT2D eigenvalue weighted by Crippen LogP contribution is -2.35. The van der Waals surface area contributed by atoms with Gasteiger partial charge in [0, 0.05) is 16.7 Å². The van der Waals surface area contributed by atoms with Crippen molar-refractivity contribution >= 4 is 17.9 Å². The monoisotopic (exact) mass is 358 g/mol. The summed E-state index contributed by atoms with van der Waals surface area (Å²) in [7, 11) is 1.56. The van der Waals surface area contributed by atoms with Crippen molar-refractivity contribution in [2.45, 2.75) is 52.9 Å². The highest BCUT2D eigenvalue weighted by atomic mass is 16.5. The second-order valence-corrected chi connectivity index (χ2v) is 7.60. The Labute approximate surface area is 156 Å². The SMILES string of the molecule is COc1cccc(C(=O)CN(C=O)/N=C(/C)C(C)(C)C2CCCCC2)c1. The second kappa shape index (κ2) is 8.97. The van der Waals surface area contributed by atoms with Gasteiger partial charge in [-0.25, -0.2) is 5.01 Å². The molecule has 5 nitrogen and oxygen atoms in total. The predicted octanol–water partition coefficient (Wildman–Crippen LogP) is 4.32. The summed E-state index contributed by atoms with van der Waals surface area (Å²) >= 11 is 0. The van der Waals surface area contributed by atoms with Crippen molar-refractivity contribution in [3.8, 4) is 5.75 Å². The fraction of sp³-hybridized carbons (Fsp3) is 0.571. The molecule has 1 aromatic carbocycles. The minimum Gasteiger partial charge on any atom is -0.497 e. The number of hydrogen-bond donors (Lipinski definition) is 0. The maximum atomic E-state index is 12.5. The zero-order chi connectivity index (χ0) is 19.2. The zero-order valence-electron chi connectivity index (χ0n) is 16.3. The average molecular weight is 358 g/mol. The number of carbonyl (C=O) groups excluding carboxylic acids is 2. The van der Waals surface area contributed by atoms with Crippen molar-refractivity contribution in [2.75, 3.05) is 13.7 Å². The lowest BCUT2D eigenvalue weighted by molar-refractivity contribution is -0.117. The van der Waals surface area contributed by atoms with Crippen LogP contribution in [0.5, 0.6) is 5.75 Å². The molecule has 1 fully saturated rings. The molecule has 5 heteroatoms. The van der Waals surface area contributed by atoms with Gasteiger partial charge >= 0.3 is 0 Å². The van der Waals surface area contributed by atoms with E-state index in [9.17, 15) is 9.59 Å². The molecule has 1 saturated carbocycles. The van der Waals surface area contributed by atoms with Crippen LogP contribution in [0.3, 0.4) is 0 Å². The van der Waals surface area contributed by atoms with Gasteiger partial charge in [0.15, 0.2) is 5.78 Å². The molecule has 1 aromatic rings. The lowest BCUT2D eigenvalue weighted by Gasteiger charge is -2.37. The van der Waals surface area contributed by atoms with Gasteiger partial charge in [-0.05, 0) is 37.8 Å². The van der Waals surface area contributed by atoms with Crippen molar-refractivity contribution in [3.05, 3.63) is 29.8 Å². The van der Waals surface area contributed by atoms with E-state index < -0.39 is 0 Å². The van der Waals surface area contributed by atoms with E-state index >= 15 is 0 Å². The first-order chi connectivity index (χ1) is 12.4. The van der Waals surface area contributed by atoms with Gasteiger partial charge in [-0.3, -0.25) is 9.59 Å². The third-order valence-electron chi connectivity index (χ3n) is 5.66. The fourth-order valence-electron chi connectivity index (χ4n) is 3.57. The van der Waals surface area contributed by atoms with E-state index in [2.05, 4.69) is 18.9 Å². The van der Waals surface area contributed by atoms with Gasteiger partial charge in [-0.15, -0.1) is 0 Å². The maximum absolute atomic E-state index is 12.5. The van der Waals surface area contributed by atoms with E-state index in [1.807, 2.05) is 6.92 Å². The third-order valence-corrected chi connectivity index (χ3v) is 5.66. The van der Waals surface area contributed by atoms with Gasteiger partial charge in [-0.1, -0.05) is 45.2 Å². The molecule has 1 aliphatic rings. The predicted molar refractivity (Wildman–Crippen MR) is 104 cm³/mol. The Morgan fingerprint density at radius 3 is 2.62 bits per heavy atom. The average Bonchev–Trinajstić information content (AvgIpc) is 2.67. The summed E-state index contributed by atoms with van der Waals surface area (Å²) < 4.78 is 5.15. The normalized spacial score (nSPS) is 16.2. The minimum atomic E-state index is -0.164. The summed E-state index contributed by atoms with van der Waals surface area (Å²) in [6.45, 7) is 6.26. The number of hydrogen-bond acceptors (Lipinski definition) is 4. The number of benzene rings is 1. The van der Waals surface area contributed by atoms with E-state index in [0.717, 1.165) is 5.71 Å². The number of Topliss-reactive ketones (excluding diaryl/α,β-unsaturated/α-hetero) is 1. The van der Waals surface area contributed by atoms with Gasteiger partial charge in [0.25, 0.3) is 0 Å². The summed E-state index contributed by atoms with van der Waals surface area (Å²) in [5.74, 6) is 1.03. The van der Waals surface area contributed by atoms with Crippen molar-refractivity contribution in [3.63, 3.8) is 0 Å². The molecule has 0 aromatic heterocycles. The number of rotatable bonds is 8. The summed E-state index contributed by atoms with van der Waals surface area (Å²) in [5.41, 5.74) is 1.33. The molecule has 0 saturated heterocycles. The molecule has 0 bridgehead atoms. The molecule has 26 heavy (non-hydrogen) atoms. The first-order valence-electron chi connectivity index (χ1n) is 9.33. The summed E-state index contributed by atoms with van der Waals surface area (Å²) in [6, 6.07) is 6.94. The van der Waals surface area contributed by atoms with Crippen molar-refractivity contribution in [2.24, 2.45) is 16.4 Å². The highest BCUT2D eigenvalue weighted by molar-refractivity contribution is 5.99. The Morgan fingerprint density at radius 1 is 1.31 bits per heavy atom. The van der Waals surface area contributed by atoms with E-state index in [1.54, 1.807) is 31.4 Å². The van der Waals surface area contributed by atoms with Crippen LogP contribution in [0, 0.1) is 11.3 Å². The highest BCUT2D eigenvalue weighted by Crippen LogP contribution is 2.39. The number of nitrogens with zero attached hydrogens (tertiary/aromatic N) is 2. The molecule has 0 atom stereocenters. The minimum absolute atomic E-state index is 0.0746. The molecule has 0 aliphatic heterocycles. The Balaban J connectivity index is 2.10. The standard InChI is InChI=1S/C21H30N2O3/c1-16(21(2,3)18-10-6-5-7-11-18)22-23(15-24)14-20(25)17-9-8-12-19(13-17)26-4/h8-9,12-13,15,18H,5-7,10-11,14H2,1-4H3/b22-16-. The quantitative estimate of drug-likeness (QED) is 0.301. The third kappa shape index (κ3) is 4.93. The first-order valence-corrected chi connectivity index (χ1v) is 9.33. The maximum Gasteiger partial charge on any atom is 0.230 e. The van der Waals surface area contributed by atoms with Crippen molar-refractivity contribution in [1.82, 2.24) is 5.01 Å². The van der Waals surface area contributed by atoms with Crippen LogP contribution >= 0.6 is 0 Å². The smallest absolute Gasteiger partial charge is 0.230 e. The zero-order valence-corrected chi connectivity index (χ0v) is 16.3. The van der Waals surface area contributed by atoms with E-state index in [-0.39, 0.29) is 17.7 Å². The lowest BCUT2D eigenvalue weighted by atomic mass is 9.69. The molecule has 0 radical (unpaired) electrons. The van der Waals surface area contributed by atoms with Crippen LogP contribution in [0.15, 0.2) is 29.4 Å². The number of methoxy groups -OCH3 is 1. The second-order valence-electron chi connectivity index (χ2n) is 7.60. The molecule has 1 amide bonds. The number of carbonyl (C=O) groups is 2. The van der Waals surface area contributed by atoms with Gasteiger partial charge < -0.3 is 4.74 Å². The number of amides is 1. The number of ether oxygens (including phenoxy) is 1. The fourth-order valence-corrected chi connectivity index (χ4v) is 3.57. The van der Waals surface area contributed by atoms with Crippen LogP contribution in [-0.2, 0) is 4.79 Å². The molecule has 2 rings (SSSR count). The molecule has 0 unspecified atom stereocenters. The van der Waals surface area contributed by atoms with Crippen LogP contribution in [0.4, 0.5) is 0 Å². The molecular formula is C21H30N2O3. The van der Waals surface area contributed by atoms with Crippen LogP contribution in [0.2, 0.25) is 0 Å². The largest absolute Gasteiger partial charge is 0.497 e. The van der Waals surface area contributed by atoms with Gasteiger partial charge in [0.2, 0.25) is 6.41 Å². The van der Waals surface area contributed by atoms with Crippen LogP contribution in [-0.4, -0.2) is 36.6 Å². The number of hydrazone groups is 1. The molecule has 142 valence electrons. The van der Waals surface area contributed by atoms with Crippen LogP contribution < -0.4 is 4.74 Å². The summed E-state index contributed by atoms with van der Waals surface area (Å²) in [5, 5.41) is 5.69. The summed E-state index contributed by atoms with van der Waals surface area (Å²) in [6.07, 6.45) is 6.84. The Bertz CT molecular complexity index is 661. The highest BCUT2D eigenvalue weighted by Gasteiger charge is 2.33. The first kappa shape index (κ1) is 20.1. The van der Waals surface area contributed by atoms with Crippen LogP contribution in [0.25, 0.3) is 0 Å². The topological polar surface area (TPSA) is 59.0 Å².